The van der Waals surface area contributed by atoms with Crippen LogP contribution in [-0.4, -0.2) is 52.2 Å². The molecule has 26 heavy (non-hydrogen) atoms. The van der Waals surface area contributed by atoms with E-state index in [2.05, 4.69) is 14.9 Å². The van der Waals surface area contributed by atoms with Crippen molar-refractivity contribution in [1.29, 1.82) is 0 Å². The number of aromatic nitrogens is 2. The van der Waals surface area contributed by atoms with Gasteiger partial charge in [-0.25, -0.2) is 4.98 Å². The molecule has 2 aromatic heterocycles. The number of H-pyrrole nitrogens is 1. The van der Waals surface area contributed by atoms with Crippen LogP contribution in [0.5, 0.6) is 0 Å². The van der Waals surface area contributed by atoms with Gasteiger partial charge in [0.1, 0.15) is 5.65 Å². The Morgan fingerprint density at radius 2 is 2.23 bits per heavy atom. The molecule has 2 aromatic rings. The number of halogens is 1. The molecule has 1 atom stereocenters. The van der Waals surface area contributed by atoms with Crippen LogP contribution in [0.15, 0.2) is 35.6 Å². The van der Waals surface area contributed by atoms with Gasteiger partial charge in [0.05, 0.1) is 10.6 Å². The summed E-state index contributed by atoms with van der Waals surface area (Å²) in [5, 5.41) is 1.08. The number of nitrogens with two attached hydrogens (primary N) is 1. The number of rotatable bonds is 3. The van der Waals surface area contributed by atoms with Gasteiger partial charge in [-0.2, -0.15) is 0 Å². The van der Waals surface area contributed by atoms with Crippen molar-refractivity contribution in [3.63, 3.8) is 0 Å². The Labute approximate surface area is 163 Å². The molecule has 8 heteroatoms. The minimum absolute atomic E-state index is 0. The number of nitrogens with one attached hydrogen (secondary N) is 1. The predicted octanol–water partition coefficient (Wildman–Crippen LogP) is 2.72. The van der Waals surface area contributed by atoms with Crippen LogP contribution in [0.2, 0.25) is 0 Å². The largest absolute Gasteiger partial charge is 0.346 e. The number of likely N-dealkylation sites (tertiary alicyclic amines) is 1. The third-order valence-electron chi connectivity index (χ3n) is 4.98. The van der Waals surface area contributed by atoms with Gasteiger partial charge in [-0.1, -0.05) is 0 Å². The zero-order chi connectivity index (χ0) is 17.2. The van der Waals surface area contributed by atoms with Gasteiger partial charge in [0, 0.05) is 55.4 Å². The first kappa shape index (κ1) is 19.1. The van der Waals surface area contributed by atoms with Crippen LogP contribution in [0.1, 0.15) is 19.3 Å². The van der Waals surface area contributed by atoms with Crippen LogP contribution in [0.25, 0.3) is 11.0 Å². The lowest BCUT2D eigenvalue weighted by molar-refractivity contribution is -0.129. The number of hydrogen-bond donors (Lipinski definition) is 2. The van der Waals surface area contributed by atoms with E-state index in [4.69, 9.17) is 5.73 Å². The molecular weight excluding hydrogens is 370 g/mol. The van der Waals surface area contributed by atoms with E-state index < -0.39 is 0 Å². The summed E-state index contributed by atoms with van der Waals surface area (Å²) in [6.45, 7) is 2.24. The summed E-state index contributed by atoms with van der Waals surface area (Å²) in [7, 11) is 0. The SMILES string of the molecule is Cl.NC[C@@H]1CCCCN1C(=O)C1=CN(c2ccnc3[nH]ccc23)CCS1. The van der Waals surface area contributed by atoms with Gasteiger partial charge in [0.2, 0.25) is 0 Å². The van der Waals surface area contributed by atoms with Crippen molar-refractivity contribution >= 4 is 46.8 Å². The summed E-state index contributed by atoms with van der Waals surface area (Å²) >= 11 is 1.65. The molecule has 0 aromatic carbocycles. The number of pyridine rings is 1. The molecule has 0 spiro atoms. The second kappa shape index (κ2) is 8.33. The van der Waals surface area contributed by atoms with Crippen molar-refractivity contribution in [2.45, 2.75) is 25.3 Å². The maximum Gasteiger partial charge on any atom is 0.262 e. The Kier molecular flexibility index (Phi) is 6.11. The van der Waals surface area contributed by atoms with Crippen LogP contribution in [0, 0.1) is 0 Å². The van der Waals surface area contributed by atoms with Crippen LogP contribution < -0.4 is 10.6 Å². The number of thioether (sulfide) groups is 1. The lowest BCUT2D eigenvalue weighted by atomic mass is 10.0. The Morgan fingerprint density at radius 3 is 3.08 bits per heavy atom. The van der Waals surface area contributed by atoms with E-state index in [0.717, 1.165) is 59.7 Å². The van der Waals surface area contributed by atoms with E-state index in [1.165, 1.54) is 0 Å². The molecule has 0 unspecified atom stereocenters. The fraction of sp³-hybridized carbons (Fsp3) is 0.444. The summed E-state index contributed by atoms with van der Waals surface area (Å²) < 4.78 is 0. The first-order valence-electron chi connectivity index (χ1n) is 8.82. The predicted molar refractivity (Wildman–Crippen MR) is 110 cm³/mol. The summed E-state index contributed by atoms with van der Waals surface area (Å²) in [5.74, 6) is 1.02. The quantitative estimate of drug-likeness (QED) is 0.838. The summed E-state index contributed by atoms with van der Waals surface area (Å²) in [5.41, 5.74) is 7.85. The normalized spacial score (nSPS) is 20.7. The molecule has 4 heterocycles. The smallest absolute Gasteiger partial charge is 0.262 e. The highest BCUT2D eigenvalue weighted by molar-refractivity contribution is 8.04. The maximum absolute atomic E-state index is 13.0. The molecule has 6 nitrogen and oxygen atoms in total. The van der Waals surface area contributed by atoms with E-state index in [1.54, 1.807) is 18.0 Å². The van der Waals surface area contributed by atoms with Crippen molar-refractivity contribution in [1.82, 2.24) is 14.9 Å². The lowest BCUT2D eigenvalue weighted by Gasteiger charge is -2.36. The van der Waals surface area contributed by atoms with Crippen molar-refractivity contribution in [3.05, 3.63) is 35.6 Å². The molecular formula is C18H24ClN5OS. The van der Waals surface area contributed by atoms with Crippen molar-refractivity contribution in [3.8, 4) is 0 Å². The molecule has 1 fully saturated rings. The van der Waals surface area contributed by atoms with Crippen molar-refractivity contribution < 1.29 is 4.79 Å². The number of amides is 1. The second-order valence-electron chi connectivity index (χ2n) is 6.49. The van der Waals surface area contributed by atoms with E-state index in [9.17, 15) is 4.79 Å². The Bertz CT molecular complexity index is 808. The van der Waals surface area contributed by atoms with Gasteiger partial charge < -0.3 is 20.5 Å². The Hall–Kier alpha value is -1.70. The van der Waals surface area contributed by atoms with Gasteiger partial charge in [-0.15, -0.1) is 24.2 Å². The zero-order valence-electron chi connectivity index (χ0n) is 14.6. The van der Waals surface area contributed by atoms with Gasteiger partial charge in [-0.3, -0.25) is 4.79 Å². The summed E-state index contributed by atoms with van der Waals surface area (Å²) in [4.78, 5) is 25.5. The van der Waals surface area contributed by atoms with E-state index >= 15 is 0 Å². The first-order valence-corrected chi connectivity index (χ1v) is 9.81. The molecule has 2 aliphatic heterocycles. The van der Waals surface area contributed by atoms with Crippen LogP contribution >= 0.6 is 24.2 Å². The van der Waals surface area contributed by atoms with Crippen LogP contribution in [-0.2, 0) is 4.79 Å². The molecule has 0 bridgehead atoms. The number of piperidine rings is 1. The average molecular weight is 394 g/mol. The highest BCUT2D eigenvalue weighted by Gasteiger charge is 2.29. The van der Waals surface area contributed by atoms with Crippen LogP contribution in [0.3, 0.4) is 0 Å². The minimum Gasteiger partial charge on any atom is -0.346 e. The highest BCUT2D eigenvalue weighted by atomic mass is 35.5. The number of nitrogens with zero attached hydrogens (tertiary/aromatic N) is 3. The van der Waals surface area contributed by atoms with E-state index in [0.29, 0.717) is 6.54 Å². The third-order valence-corrected chi connectivity index (χ3v) is 5.96. The van der Waals surface area contributed by atoms with Gasteiger partial charge in [-0.05, 0) is 31.4 Å². The fourth-order valence-corrected chi connectivity index (χ4v) is 4.61. The van der Waals surface area contributed by atoms with Gasteiger partial charge in [0.15, 0.2) is 0 Å². The molecule has 4 rings (SSSR count). The number of hydrogen-bond acceptors (Lipinski definition) is 5. The van der Waals surface area contributed by atoms with Crippen molar-refractivity contribution in [2.24, 2.45) is 5.73 Å². The first-order chi connectivity index (χ1) is 12.3. The van der Waals surface area contributed by atoms with Crippen LogP contribution in [0.4, 0.5) is 5.69 Å². The number of carbonyl (C=O) groups excluding carboxylic acids is 1. The third kappa shape index (κ3) is 3.56. The lowest BCUT2D eigenvalue weighted by Crippen LogP contribution is -2.48. The fourth-order valence-electron chi connectivity index (χ4n) is 3.66. The Balaban J connectivity index is 0.00000196. The maximum atomic E-state index is 13.0. The zero-order valence-corrected chi connectivity index (χ0v) is 16.2. The average Bonchev–Trinajstić information content (AvgIpc) is 3.16. The van der Waals surface area contributed by atoms with Gasteiger partial charge >= 0.3 is 0 Å². The minimum atomic E-state index is 0. The molecule has 1 amide bonds. The Morgan fingerprint density at radius 1 is 1.35 bits per heavy atom. The molecule has 0 radical (unpaired) electrons. The molecule has 2 aliphatic rings. The molecule has 1 saturated heterocycles. The summed E-state index contributed by atoms with van der Waals surface area (Å²) in [6, 6.07) is 4.22. The highest BCUT2D eigenvalue weighted by Crippen LogP contribution is 2.32. The van der Waals surface area contributed by atoms with E-state index in [1.807, 2.05) is 29.4 Å². The van der Waals surface area contributed by atoms with Crippen molar-refractivity contribution in [2.75, 3.05) is 30.3 Å². The molecule has 3 N–H and O–H groups in total. The number of carbonyl (C=O) groups is 1. The number of fused-ring (bicyclic) bond motifs is 1. The molecule has 0 aliphatic carbocycles. The number of anilines is 1. The topological polar surface area (TPSA) is 78.2 Å². The second-order valence-corrected chi connectivity index (χ2v) is 7.63. The molecule has 0 saturated carbocycles. The van der Waals surface area contributed by atoms with E-state index in [-0.39, 0.29) is 24.4 Å². The number of aromatic amines is 1. The van der Waals surface area contributed by atoms with Gasteiger partial charge in [0.25, 0.3) is 5.91 Å². The summed E-state index contributed by atoms with van der Waals surface area (Å²) in [6.07, 6.45) is 8.94. The molecule has 140 valence electrons. The standard InChI is InChI=1S/C18H23N5OS.ClH/c19-11-13-3-1-2-8-23(13)18(24)16-12-22(9-10-25-16)15-5-7-21-17-14(15)4-6-20-17;/h4-7,12-13H,1-3,8-11,19H2,(H,20,21);1H/t13-;/m0./s1. The monoisotopic (exact) mass is 393 g/mol.